The van der Waals surface area contributed by atoms with E-state index in [0.717, 1.165) is 18.6 Å². The summed E-state index contributed by atoms with van der Waals surface area (Å²) in [6, 6.07) is 0. The monoisotopic (exact) mass is 200 g/mol. The van der Waals surface area contributed by atoms with E-state index in [1.54, 1.807) is 6.92 Å². The van der Waals surface area contributed by atoms with Crippen LogP contribution in [0.3, 0.4) is 0 Å². The normalized spacial score (nSPS) is 34.5. The summed E-state index contributed by atoms with van der Waals surface area (Å²) in [6.45, 7) is 4.06. The smallest absolute Gasteiger partial charge is 0.132 e. The van der Waals surface area contributed by atoms with Crippen molar-refractivity contribution in [1.82, 2.24) is 0 Å². The lowest BCUT2D eigenvalue weighted by molar-refractivity contribution is -0.122. The quantitative estimate of drug-likeness (QED) is 0.693. The first-order valence-electron chi connectivity index (χ1n) is 5.19. The van der Waals surface area contributed by atoms with Crippen LogP contribution in [0.15, 0.2) is 0 Å². The van der Waals surface area contributed by atoms with E-state index < -0.39 is 0 Å². The molecule has 1 saturated carbocycles. The van der Waals surface area contributed by atoms with Gasteiger partial charge in [0.2, 0.25) is 0 Å². The van der Waals surface area contributed by atoms with E-state index in [9.17, 15) is 4.79 Å². The SMILES string of the molecule is CC(=O)C1CCC(C)(CCS)CC1. The van der Waals surface area contributed by atoms with Crippen LogP contribution in [0.4, 0.5) is 0 Å². The van der Waals surface area contributed by atoms with Crippen molar-refractivity contribution in [3.63, 3.8) is 0 Å². The molecule has 1 aliphatic rings. The summed E-state index contributed by atoms with van der Waals surface area (Å²) in [5.74, 6) is 1.71. The van der Waals surface area contributed by atoms with Gasteiger partial charge in [-0.25, -0.2) is 0 Å². The van der Waals surface area contributed by atoms with Gasteiger partial charge >= 0.3 is 0 Å². The maximum Gasteiger partial charge on any atom is 0.132 e. The van der Waals surface area contributed by atoms with Crippen LogP contribution in [0.5, 0.6) is 0 Å². The summed E-state index contributed by atoms with van der Waals surface area (Å²) in [6.07, 6.45) is 5.80. The molecule has 0 aromatic rings. The Balaban J connectivity index is 2.41. The van der Waals surface area contributed by atoms with Gasteiger partial charge < -0.3 is 0 Å². The zero-order chi connectivity index (χ0) is 9.90. The Morgan fingerprint density at radius 3 is 2.38 bits per heavy atom. The van der Waals surface area contributed by atoms with Gasteiger partial charge in [-0.2, -0.15) is 12.6 Å². The minimum absolute atomic E-state index is 0.355. The van der Waals surface area contributed by atoms with Crippen LogP contribution < -0.4 is 0 Å². The van der Waals surface area contributed by atoms with E-state index in [1.807, 2.05) is 0 Å². The van der Waals surface area contributed by atoms with E-state index in [0.29, 0.717) is 17.1 Å². The number of thiol groups is 1. The van der Waals surface area contributed by atoms with Crippen LogP contribution in [0.1, 0.15) is 46.0 Å². The zero-order valence-electron chi connectivity index (χ0n) is 8.68. The van der Waals surface area contributed by atoms with Crippen LogP contribution in [-0.2, 0) is 4.79 Å². The minimum atomic E-state index is 0.355. The van der Waals surface area contributed by atoms with Gasteiger partial charge in [0.25, 0.3) is 0 Å². The fourth-order valence-electron chi connectivity index (χ4n) is 2.24. The van der Waals surface area contributed by atoms with Crippen molar-refractivity contribution in [2.75, 3.05) is 5.75 Å². The van der Waals surface area contributed by atoms with Crippen LogP contribution in [-0.4, -0.2) is 11.5 Å². The highest BCUT2D eigenvalue weighted by Crippen LogP contribution is 2.41. The van der Waals surface area contributed by atoms with Gasteiger partial charge in [-0.15, -0.1) is 0 Å². The lowest BCUT2D eigenvalue weighted by Gasteiger charge is -2.36. The van der Waals surface area contributed by atoms with Crippen molar-refractivity contribution in [2.45, 2.75) is 46.0 Å². The molecule has 0 radical (unpaired) electrons. The van der Waals surface area contributed by atoms with Gasteiger partial charge in [0.15, 0.2) is 0 Å². The highest BCUT2D eigenvalue weighted by atomic mass is 32.1. The highest BCUT2D eigenvalue weighted by Gasteiger charge is 2.31. The topological polar surface area (TPSA) is 17.1 Å². The lowest BCUT2D eigenvalue weighted by atomic mass is 9.69. The maximum atomic E-state index is 11.2. The standard InChI is InChI=1S/C11H20OS/c1-9(12)10-3-5-11(2,6-4-10)7-8-13/h10,13H,3-8H2,1-2H3. The van der Waals surface area contributed by atoms with Crippen molar-refractivity contribution in [3.05, 3.63) is 0 Å². The second-order valence-corrected chi connectivity index (χ2v) is 5.12. The third kappa shape index (κ3) is 3.01. The highest BCUT2D eigenvalue weighted by molar-refractivity contribution is 7.80. The predicted molar refractivity (Wildman–Crippen MR) is 59.2 cm³/mol. The number of hydrogen-bond donors (Lipinski definition) is 1. The number of hydrogen-bond acceptors (Lipinski definition) is 2. The van der Waals surface area contributed by atoms with Crippen molar-refractivity contribution in [1.29, 1.82) is 0 Å². The van der Waals surface area contributed by atoms with E-state index in [-0.39, 0.29) is 0 Å². The molecule has 2 heteroatoms. The van der Waals surface area contributed by atoms with Crippen LogP contribution in [0.25, 0.3) is 0 Å². The molecular formula is C11H20OS. The molecule has 1 aliphatic carbocycles. The second-order valence-electron chi connectivity index (χ2n) is 4.67. The Hall–Kier alpha value is 0.0200. The molecule has 13 heavy (non-hydrogen) atoms. The van der Waals surface area contributed by atoms with E-state index in [4.69, 9.17) is 0 Å². The van der Waals surface area contributed by atoms with E-state index in [1.165, 1.54) is 19.3 Å². The fraction of sp³-hybridized carbons (Fsp3) is 0.909. The first-order valence-corrected chi connectivity index (χ1v) is 5.82. The molecule has 0 atom stereocenters. The average Bonchev–Trinajstić information content (AvgIpc) is 2.05. The number of rotatable bonds is 3. The van der Waals surface area contributed by atoms with Crippen molar-refractivity contribution in [2.24, 2.45) is 11.3 Å². The Kier molecular flexibility index (Phi) is 3.84. The van der Waals surface area contributed by atoms with Gasteiger partial charge in [-0.05, 0) is 50.2 Å². The van der Waals surface area contributed by atoms with E-state index in [2.05, 4.69) is 19.6 Å². The van der Waals surface area contributed by atoms with E-state index >= 15 is 0 Å². The van der Waals surface area contributed by atoms with Crippen molar-refractivity contribution < 1.29 is 4.79 Å². The molecule has 0 N–H and O–H groups in total. The summed E-state index contributed by atoms with van der Waals surface area (Å²) < 4.78 is 0. The maximum absolute atomic E-state index is 11.2. The Labute approximate surface area is 86.7 Å². The summed E-state index contributed by atoms with van der Waals surface area (Å²) >= 11 is 4.28. The largest absolute Gasteiger partial charge is 0.300 e. The Morgan fingerprint density at radius 1 is 1.46 bits per heavy atom. The molecule has 76 valence electrons. The zero-order valence-corrected chi connectivity index (χ0v) is 9.57. The first kappa shape index (κ1) is 11.1. The molecule has 0 unspecified atom stereocenters. The van der Waals surface area contributed by atoms with Crippen molar-refractivity contribution in [3.8, 4) is 0 Å². The molecule has 0 spiro atoms. The molecule has 1 fully saturated rings. The number of Topliss-reactive ketones (excluding diaryl/α,β-unsaturated/α-hetero) is 1. The van der Waals surface area contributed by atoms with Gasteiger partial charge in [0.1, 0.15) is 5.78 Å². The average molecular weight is 200 g/mol. The predicted octanol–water partition coefficient (Wildman–Crippen LogP) is 3.09. The third-order valence-corrected chi connectivity index (χ3v) is 3.71. The molecule has 0 heterocycles. The van der Waals surface area contributed by atoms with Crippen molar-refractivity contribution >= 4 is 18.4 Å². The van der Waals surface area contributed by atoms with Gasteiger partial charge in [0, 0.05) is 5.92 Å². The number of carbonyl (C=O) groups is 1. The molecule has 0 bridgehead atoms. The summed E-state index contributed by atoms with van der Waals surface area (Å²) in [7, 11) is 0. The first-order chi connectivity index (χ1) is 6.07. The van der Waals surface area contributed by atoms with Crippen LogP contribution in [0.2, 0.25) is 0 Å². The summed E-state index contributed by atoms with van der Waals surface area (Å²) in [4.78, 5) is 11.2. The summed E-state index contributed by atoms with van der Waals surface area (Å²) in [5, 5.41) is 0. The summed E-state index contributed by atoms with van der Waals surface area (Å²) in [5.41, 5.74) is 0.466. The molecule has 1 rings (SSSR count). The molecule has 0 aromatic heterocycles. The van der Waals surface area contributed by atoms with Crippen LogP contribution >= 0.6 is 12.6 Å². The Bertz CT molecular complexity index is 181. The van der Waals surface area contributed by atoms with Crippen LogP contribution in [0, 0.1) is 11.3 Å². The van der Waals surface area contributed by atoms with Gasteiger partial charge in [0.05, 0.1) is 0 Å². The fourth-order valence-corrected chi connectivity index (χ4v) is 2.78. The molecule has 1 nitrogen and oxygen atoms in total. The third-order valence-electron chi connectivity index (χ3n) is 3.48. The molecular weight excluding hydrogens is 180 g/mol. The Morgan fingerprint density at radius 2 is 2.00 bits per heavy atom. The number of ketones is 1. The molecule has 0 aliphatic heterocycles. The molecule has 0 saturated heterocycles. The van der Waals surface area contributed by atoms with Gasteiger partial charge in [-0.1, -0.05) is 6.92 Å². The minimum Gasteiger partial charge on any atom is -0.300 e. The molecule has 0 aromatic carbocycles. The molecule has 0 amide bonds. The second kappa shape index (κ2) is 4.50. The lowest BCUT2D eigenvalue weighted by Crippen LogP contribution is -2.27. The number of carbonyl (C=O) groups excluding carboxylic acids is 1. The van der Waals surface area contributed by atoms with Gasteiger partial charge in [-0.3, -0.25) is 4.79 Å².